The third-order valence-corrected chi connectivity index (χ3v) is 2.73. The molecule has 2 N–H and O–H groups in total. The molecule has 96 valence electrons. The third-order valence-electron chi connectivity index (χ3n) is 2.59. The number of fused-ring (bicyclic) bond motifs is 1. The van der Waals surface area contributed by atoms with Gasteiger partial charge in [0.15, 0.2) is 0 Å². The highest BCUT2D eigenvalue weighted by Gasteiger charge is 2.31. The van der Waals surface area contributed by atoms with Crippen molar-refractivity contribution in [1.29, 1.82) is 0 Å². The molecule has 0 saturated heterocycles. The Morgan fingerprint density at radius 2 is 2.11 bits per heavy atom. The van der Waals surface area contributed by atoms with Crippen LogP contribution in [0.4, 0.5) is 13.2 Å². The Morgan fingerprint density at radius 3 is 2.67 bits per heavy atom. The van der Waals surface area contributed by atoms with E-state index in [4.69, 9.17) is 18.0 Å². The molecule has 7 heteroatoms. The highest BCUT2D eigenvalue weighted by Crippen LogP contribution is 2.29. The molecule has 0 unspecified atom stereocenters. The van der Waals surface area contributed by atoms with Gasteiger partial charge in [-0.15, -0.1) is 0 Å². The summed E-state index contributed by atoms with van der Waals surface area (Å²) in [6, 6.07) is 2.34. The van der Waals surface area contributed by atoms with Gasteiger partial charge in [-0.3, -0.25) is 0 Å². The highest BCUT2D eigenvalue weighted by atomic mass is 32.1. The van der Waals surface area contributed by atoms with Crippen molar-refractivity contribution in [2.24, 2.45) is 5.73 Å². The minimum absolute atomic E-state index is 0.220. The second-order valence-electron chi connectivity index (χ2n) is 3.93. The Hall–Kier alpha value is -1.63. The fraction of sp³-hybridized carbons (Fsp3) is 0.273. The minimum atomic E-state index is -4.38. The van der Waals surface area contributed by atoms with Crippen LogP contribution in [0.3, 0.4) is 0 Å². The van der Waals surface area contributed by atoms with E-state index >= 15 is 0 Å². The number of imidazole rings is 1. The molecule has 2 rings (SSSR count). The molecule has 0 aromatic carbocycles. The molecule has 0 spiro atoms. The number of alkyl halides is 3. The lowest BCUT2D eigenvalue weighted by atomic mass is 10.2. The third kappa shape index (κ3) is 2.31. The molecule has 2 aromatic heterocycles. The predicted octanol–water partition coefficient (Wildman–Crippen LogP) is 2.49. The lowest BCUT2D eigenvalue weighted by Gasteiger charge is -2.08. The number of halogens is 3. The monoisotopic (exact) mass is 273 g/mol. The van der Waals surface area contributed by atoms with Crippen molar-refractivity contribution in [3.63, 3.8) is 0 Å². The maximum Gasteiger partial charge on any atom is 0.417 e. The fourth-order valence-electron chi connectivity index (χ4n) is 1.76. The van der Waals surface area contributed by atoms with Gasteiger partial charge in [0.05, 0.1) is 21.9 Å². The van der Waals surface area contributed by atoms with Gasteiger partial charge in [-0.2, -0.15) is 13.2 Å². The fourth-order valence-corrected chi connectivity index (χ4v) is 1.89. The average molecular weight is 273 g/mol. The van der Waals surface area contributed by atoms with Crippen LogP contribution in [0.15, 0.2) is 18.3 Å². The lowest BCUT2D eigenvalue weighted by Crippen LogP contribution is -2.14. The van der Waals surface area contributed by atoms with Crippen molar-refractivity contribution in [2.45, 2.75) is 19.5 Å². The average Bonchev–Trinajstić information content (AvgIpc) is 2.53. The number of nitrogens with zero attached hydrogens (tertiary/aromatic N) is 2. The quantitative estimate of drug-likeness (QED) is 0.855. The molecule has 2 aromatic rings. The maximum absolute atomic E-state index is 12.6. The second-order valence-corrected chi connectivity index (χ2v) is 4.46. The second kappa shape index (κ2) is 4.24. The maximum atomic E-state index is 12.6. The van der Waals surface area contributed by atoms with Crippen LogP contribution in [0.5, 0.6) is 0 Å². The first-order chi connectivity index (χ1) is 8.29. The van der Waals surface area contributed by atoms with Crippen LogP contribution in [0, 0.1) is 6.92 Å². The first-order valence-electron chi connectivity index (χ1n) is 5.12. The number of aryl methyl sites for hydroxylation is 1. The summed E-state index contributed by atoms with van der Waals surface area (Å²) in [7, 11) is 0. The van der Waals surface area contributed by atoms with E-state index in [1.807, 2.05) is 0 Å². The summed E-state index contributed by atoms with van der Waals surface area (Å²) in [4.78, 5) is 4.39. The number of pyridine rings is 1. The zero-order chi connectivity index (χ0) is 13.5. The molecule has 0 aliphatic heterocycles. The van der Waals surface area contributed by atoms with Gasteiger partial charge in [0, 0.05) is 12.6 Å². The van der Waals surface area contributed by atoms with Gasteiger partial charge in [0.25, 0.3) is 0 Å². The van der Waals surface area contributed by atoms with E-state index in [0.717, 1.165) is 12.3 Å². The molecule has 2 heterocycles. The lowest BCUT2D eigenvalue weighted by molar-refractivity contribution is -0.137. The van der Waals surface area contributed by atoms with Crippen LogP contribution in [-0.2, 0) is 12.6 Å². The Bertz CT molecular complexity index is 616. The largest absolute Gasteiger partial charge is 0.417 e. The topological polar surface area (TPSA) is 43.3 Å². The summed E-state index contributed by atoms with van der Waals surface area (Å²) in [5.41, 5.74) is 6.37. The van der Waals surface area contributed by atoms with E-state index in [1.54, 1.807) is 6.92 Å². The van der Waals surface area contributed by atoms with E-state index in [-0.39, 0.29) is 11.4 Å². The van der Waals surface area contributed by atoms with Gasteiger partial charge in [-0.05, 0) is 19.1 Å². The van der Waals surface area contributed by atoms with Gasteiger partial charge in [-0.25, -0.2) is 4.98 Å². The normalized spacial score (nSPS) is 12.0. The number of hydrogen-bond acceptors (Lipinski definition) is 2. The molecule has 0 saturated carbocycles. The molecule has 18 heavy (non-hydrogen) atoms. The van der Waals surface area contributed by atoms with E-state index in [1.165, 1.54) is 10.5 Å². The Kier molecular flexibility index (Phi) is 3.02. The van der Waals surface area contributed by atoms with Gasteiger partial charge in [0.1, 0.15) is 5.65 Å². The van der Waals surface area contributed by atoms with E-state index in [0.29, 0.717) is 17.0 Å². The molecule has 0 atom stereocenters. The Balaban J connectivity index is 2.63. The summed E-state index contributed by atoms with van der Waals surface area (Å²) in [5, 5.41) is 0. The highest BCUT2D eigenvalue weighted by molar-refractivity contribution is 7.80. The number of thiocarbonyl (C=S) groups is 1. The SMILES string of the molecule is Cc1nc2ccc(C(F)(F)F)cn2c1CC(N)=S. The number of aromatic nitrogens is 2. The van der Waals surface area contributed by atoms with Crippen molar-refractivity contribution in [1.82, 2.24) is 9.38 Å². The minimum Gasteiger partial charge on any atom is -0.393 e. The van der Waals surface area contributed by atoms with Crippen LogP contribution >= 0.6 is 12.2 Å². The van der Waals surface area contributed by atoms with Gasteiger partial charge < -0.3 is 10.1 Å². The molecular formula is C11H10F3N3S. The van der Waals surface area contributed by atoms with Crippen molar-refractivity contribution in [3.05, 3.63) is 35.3 Å². The van der Waals surface area contributed by atoms with Crippen molar-refractivity contribution >= 4 is 22.9 Å². The Labute approximate surface area is 106 Å². The Morgan fingerprint density at radius 1 is 1.44 bits per heavy atom. The van der Waals surface area contributed by atoms with Crippen LogP contribution in [0.1, 0.15) is 17.0 Å². The van der Waals surface area contributed by atoms with Crippen LogP contribution < -0.4 is 5.73 Å². The number of hydrogen-bond donors (Lipinski definition) is 1. The van der Waals surface area contributed by atoms with Crippen LogP contribution in [0.25, 0.3) is 5.65 Å². The standard InChI is InChI=1S/C11H10F3N3S/c1-6-8(4-9(15)18)17-5-7(11(12,13)14)2-3-10(17)16-6/h2-3,5H,4H2,1H3,(H2,15,18). The molecular weight excluding hydrogens is 263 g/mol. The first kappa shape index (κ1) is 12.8. The van der Waals surface area contributed by atoms with Crippen LogP contribution in [-0.4, -0.2) is 14.4 Å². The molecule has 0 fully saturated rings. The van der Waals surface area contributed by atoms with E-state index in [2.05, 4.69) is 4.98 Å². The number of nitrogens with two attached hydrogens (primary N) is 1. The molecule has 0 aliphatic carbocycles. The van der Waals surface area contributed by atoms with E-state index < -0.39 is 11.7 Å². The van der Waals surface area contributed by atoms with Gasteiger partial charge in [0.2, 0.25) is 0 Å². The summed E-state index contributed by atoms with van der Waals surface area (Å²) in [6.45, 7) is 1.72. The first-order valence-corrected chi connectivity index (χ1v) is 5.53. The van der Waals surface area contributed by atoms with Gasteiger partial charge in [-0.1, -0.05) is 12.2 Å². The van der Waals surface area contributed by atoms with E-state index in [9.17, 15) is 13.2 Å². The molecule has 3 nitrogen and oxygen atoms in total. The smallest absolute Gasteiger partial charge is 0.393 e. The molecule has 0 amide bonds. The van der Waals surface area contributed by atoms with Crippen molar-refractivity contribution in [2.75, 3.05) is 0 Å². The van der Waals surface area contributed by atoms with Gasteiger partial charge >= 0.3 is 6.18 Å². The summed E-state index contributed by atoms with van der Waals surface area (Å²) >= 11 is 4.79. The van der Waals surface area contributed by atoms with Crippen molar-refractivity contribution < 1.29 is 13.2 Å². The summed E-state index contributed by atoms with van der Waals surface area (Å²) in [5.74, 6) is 0. The summed E-state index contributed by atoms with van der Waals surface area (Å²) < 4.78 is 39.3. The zero-order valence-electron chi connectivity index (χ0n) is 9.45. The number of rotatable bonds is 2. The molecule has 0 radical (unpaired) electrons. The molecule has 0 bridgehead atoms. The van der Waals surface area contributed by atoms with Crippen molar-refractivity contribution in [3.8, 4) is 0 Å². The molecule has 0 aliphatic rings. The summed E-state index contributed by atoms with van der Waals surface area (Å²) in [6.07, 6.45) is -3.14. The van der Waals surface area contributed by atoms with Crippen LogP contribution in [0.2, 0.25) is 0 Å². The zero-order valence-corrected chi connectivity index (χ0v) is 10.3. The predicted molar refractivity (Wildman–Crippen MR) is 65.4 cm³/mol.